The molecule has 0 fully saturated rings. The molecule has 132 valence electrons. The summed E-state index contributed by atoms with van der Waals surface area (Å²) < 4.78 is 50.0. The van der Waals surface area contributed by atoms with Crippen LogP contribution in [0, 0.1) is 5.41 Å². The summed E-state index contributed by atoms with van der Waals surface area (Å²) in [6.45, 7) is 0. The molecule has 1 aromatic carbocycles. The lowest BCUT2D eigenvalue weighted by atomic mass is 10.1. The SMILES string of the molecule is CS(=O)(=O)O.N=C(N)NC(=O)C1=Cc2ccccc2S(=O)(=O)CC1. The topological polar surface area (TPSA) is 167 Å². The zero-order valence-electron chi connectivity index (χ0n) is 12.7. The van der Waals surface area contributed by atoms with Crippen LogP contribution in [0.15, 0.2) is 34.7 Å². The predicted octanol–water partition coefficient (Wildman–Crippen LogP) is -0.239. The van der Waals surface area contributed by atoms with E-state index in [1.54, 1.807) is 18.2 Å². The van der Waals surface area contributed by atoms with Gasteiger partial charge in [0.05, 0.1) is 16.9 Å². The third-order valence-electron chi connectivity index (χ3n) is 2.76. The maximum atomic E-state index is 12.1. The molecule has 1 aromatic rings. The minimum Gasteiger partial charge on any atom is -0.370 e. The van der Waals surface area contributed by atoms with Crippen LogP contribution in [0.2, 0.25) is 0 Å². The van der Waals surface area contributed by atoms with E-state index in [9.17, 15) is 21.6 Å². The zero-order valence-corrected chi connectivity index (χ0v) is 14.3. The van der Waals surface area contributed by atoms with E-state index in [4.69, 9.17) is 15.7 Å². The van der Waals surface area contributed by atoms with Gasteiger partial charge in [-0.25, -0.2) is 8.42 Å². The summed E-state index contributed by atoms with van der Waals surface area (Å²) >= 11 is 0. The van der Waals surface area contributed by atoms with Crippen molar-refractivity contribution in [3.8, 4) is 0 Å². The predicted molar refractivity (Wildman–Crippen MR) is 88.6 cm³/mol. The molecule has 1 heterocycles. The molecule has 0 spiro atoms. The van der Waals surface area contributed by atoms with Crippen molar-refractivity contribution < 1.29 is 26.2 Å². The fraction of sp³-hybridized carbons (Fsp3) is 0.231. The van der Waals surface area contributed by atoms with Gasteiger partial charge in [-0.15, -0.1) is 0 Å². The number of sulfone groups is 1. The van der Waals surface area contributed by atoms with Crippen molar-refractivity contribution in [3.05, 3.63) is 35.4 Å². The molecule has 0 bridgehead atoms. The molecule has 5 N–H and O–H groups in total. The van der Waals surface area contributed by atoms with E-state index in [2.05, 4.69) is 5.32 Å². The molecule has 0 radical (unpaired) electrons. The molecular formula is C13H17N3O6S2. The highest BCUT2D eigenvalue weighted by molar-refractivity contribution is 7.91. The Morgan fingerprint density at radius 1 is 1.33 bits per heavy atom. The van der Waals surface area contributed by atoms with Crippen molar-refractivity contribution >= 4 is 37.9 Å². The first-order chi connectivity index (χ1) is 10.9. The summed E-state index contributed by atoms with van der Waals surface area (Å²) in [6.07, 6.45) is 2.33. The second-order valence-electron chi connectivity index (χ2n) is 4.88. The minimum atomic E-state index is -3.67. The number of carbonyl (C=O) groups excluding carboxylic acids is 1. The molecular weight excluding hydrogens is 358 g/mol. The van der Waals surface area contributed by atoms with Crippen LogP contribution in [0.4, 0.5) is 0 Å². The van der Waals surface area contributed by atoms with Crippen LogP contribution in [-0.4, -0.2) is 45.3 Å². The van der Waals surface area contributed by atoms with Gasteiger partial charge in [-0.3, -0.25) is 20.1 Å². The molecule has 11 heteroatoms. The highest BCUT2D eigenvalue weighted by Crippen LogP contribution is 2.25. The summed E-state index contributed by atoms with van der Waals surface area (Å²) in [5, 5.41) is 9.18. The molecule has 1 amide bonds. The molecule has 9 nitrogen and oxygen atoms in total. The van der Waals surface area contributed by atoms with E-state index in [0.717, 1.165) is 0 Å². The Hall–Kier alpha value is -2.24. The second kappa shape index (κ2) is 7.55. The van der Waals surface area contributed by atoms with Gasteiger partial charge in [-0.2, -0.15) is 8.42 Å². The Labute approximate surface area is 139 Å². The van der Waals surface area contributed by atoms with E-state index in [1.807, 2.05) is 0 Å². The number of guanidine groups is 1. The van der Waals surface area contributed by atoms with Gasteiger partial charge < -0.3 is 5.73 Å². The third kappa shape index (κ3) is 6.48. The number of fused-ring (bicyclic) bond motifs is 1. The zero-order chi connectivity index (χ0) is 18.5. The fourth-order valence-electron chi connectivity index (χ4n) is 1.88. The molecule has 1 aliphatic rings. The molecule has 0 aliphatic carbocycles. The molecule has 1 aliphatic heterocycles. The van der Waals surface area contributed by atoms with E-state index in [0.29, 0.717) is 17.4 Å². The number of nitrogens with one attached hydrogen (secondary N) is 2. The van der Waals surface area contributed by atoms with Crippen LogP contribution < -0.4 is 11.1 Å². The van der Waals surface area contributed by atoms with Crippen LogP contribution in [0.25, 0.3) is 6.08 Å². The Balaban J connectivity index is 0.000000505. The summed E-state index contributed by atoms with van der Waals surface area (Å²) in [7, 11) is -7.06. The average Bonchev–Trinajstić information content (AvgIpc) is 2.53. The monoisotopic (exact) mass is 375 g/mol. The van der Waals surface area contributed by atoms with E-state index in [-0.39, 0.29) is 17.1 Å². The van der Waals surface area contributed by atoms with Crippen molar-refractivity contribution in [2.45, 2.75) is 11.3 Å². The molecule has 2 rings (SSSR count). The average molecular weight is 375 g/mol. The number of hydrogen-bond acceptors (Lipinski definition) is 6. The van der Waals surface area contributed by atoms with Crippen LogP contribution in [0.1, 0.15) is 12.0 Å². The van der Waals surface area contributed by atoms with Gasteiger partial charge in [0.2, 0.25) is 0 Å². The first kappa shape index (κ1) is 19.8. The van der Waals surface area contributed by atoms with Crippen LogP contribution in [0.5, 0.6) is 0 Å². The van der Waals surface area contributed by atoms with Gasteiger partial charge in [-0.1, -0.05) is 18.2 Å². The number of rotatable bonds is 1. The first-order valence-electron chi connectivity index (χ1n) is 6.50. The number of amides is 1. The Morgan fingerprint density at radius 3 is 2.42 bits per heavy atom. The lowest BCUT2D eigenvalue weighted by Crippen LogP contribution is -2.36. The van der Waals surface area contributed by atoms with Gasteiger partial charge in [0.25, 0.3) is 16.0 Å². The van der Waals surface area contributed by atoms with Gasteiger partial charge in [-0.05, 0) is 24.1 Å². The second-order valence-corrected chi connectivity index (χ2v) is 8.42. The smallest absolute Gasteiger partial charge is 0.261 e. The first-order valence-corrected chi connectivity index (χ1v) is 10.0. The van der Waals surface area contributed by atoms with Crippen molar-refractivity contribution in [1.29, 1.82) is 5.41 Å². The number of nitrogens with two attached hydrogens (primary N) is 1. The number of hydrogen-bond donors (Lipinski definition) is 4. The Morgan fingerprint density at radius 2 is 1.88 bits per heavy atom. The van der Waals surface area contributed by atoms with Crippen molar-refractivity contribution in [2.24, 2.45) is 5.73 Å². The highest BCUT2D eigenvalue weighted by Gasteiger charge is 2.24. The molecule has 24 heavy (non-hydrogen) atoms. The number of benzene rings is 1. The summed E-state index contributed by atoms with van der Waals surface area (Å²) in [5.74, 6) is -1.15. The normalized spacial score (nSPS) is 15.7. The van der Waals surface area contributed by atoms with Gasteiger partial charge in [0.1, 0.15) is 0 Å². The number of carbonyl (C=O) groups is 1. The lowest BCUT2D eigenvalue weighted by Gasteiger charge is -2.04. The maximum Gasteiger partial charge on any atom is 0.261 e. The van der Waals surface area contributed by atoms with Crippen molar-refractivity contribution in [1.82, 2.24) is 5.32 Å². The van der Waals surface area contributed by atoms with Crippen molar-refractivity contribution in [2.75, 3.05) is 12.0 Å². The highest BCUT2D eigenvalue weighted by atomic mass is 32.2. The molecule has 0 aromatic heterocycles. The van der Waals surface area contributed by atoms with E-state index in [1.165, 1.54) is 12.1 Å². The standard InChI is InChI=1S/C12H13N3O3S.CH4O3S/c13-12(14)15-11(16)9-5-6-19(17,18)10-4-2-1-3-8(10)7-9;1-5(2,3)4/h1-4,7H,5-6H2,(H4,13,14,15,16);1H3,(H,2,3,4). The van der Waals surface area contributed by atoms with Gasteiger partial charge >= 0.3 is 0 Å². The third-order valence-corrected chi connectivity index (χ3v) is 4.55. The summed E-state index contributed by atoms with van der Waals surface area (Å²) in [5.41, 5.74) is 5.87. The van der Waals surface area contributed by atoms with Crippen LogP contribution in [0.3, 0.4) is 0 Å². The minimum absolute atomic E-state index is 0.0934. The largest absolute Gasteiger partial charge is 0.370 e. The summed E-state index contributed by atoms with van der Waals surface area (Å²) in [4.78, 5) is 12.0. The molecule has 0 unspecified atom stereocenters. The fourth-order valence-corrected chi connectivity index (χ4v) is 3.36. The Bertz CT molecular complexity index is 880. The van der Waals surface area contributed by atoms with Crippen molar-refractivity contribution in [3.63, 3.8) is 0 Å². The van der Waals surface area contributed by atoms with Crippen LogP contribution in [-0.2, 0) is 24.7 Å². The summed E-state index contributed by atoms with van der Waals surface area (Å²) in [6, 6.07) is 6.51. The van der Waals surface area contributed by atoms with E-state index >= 15 is 0 Å². The van der Waals surface area contributed by atoms with E-state index < -0.39 is 31.8 Å². The van der Waals surface area contributed by atoms with Gasteiger partial charge in [0.15, 0.2) is 15.8 Å². The molecule has 0 atom stereocenters. The van der Waals surface area contributed by atoms with Crippen LogP contribution >= 0.6 is 0 Å². The maximum absolute atomic E-state index is 12.1. The lowest BCUT2D eigenvalue weighted by molar-refractivity contribution is -0.116. The molecule has 0 saturated heterocycles. The molecule has 0 saturated carbocycles. The Kier molecular flexibility index (Phi) is 6.23. The quantitative estimate of drug-likeness (QED) is 0.298. The van der Waals surface area contributed by atoms with Gasteiger partial charge in [0, 0.05) is 5.57 Å².